The first kappa shape index (κ1) is 11.5. The normalized spacial score (nSPS) is 19.7. The zero-order chi connectivity index (χ0) is 12.4. The van der Waals surface area contributed by atoms with E-state index in [2.05, 4.69) is 46.1 Å². The summed E-state index contributed by atoms with van der Waals surface area (Å²) in [6.07, 6.45) is 6.05. The van der Waals surface area contributed by atoms with Crippen LogP contribution in [0.4, 0.5) is 0 Å². The van der Waals surface area contributed by atoms with Gasteiger partial charge in [0.2, 0.25) is 0 Å². The number of H-pyrrole nitrogens is 1. The van der Waals surface area contributed by atoms with Gasteiger partial charge in [-0.3, -0.25) is 4.90 Å². The van der Waals surface area contributed by atoms with Gasteiger partial charge < -0.3 is 4.98 Å². The molecule has 3 heteroatoms. The third-order valence-electron chi connectivity index (χ3n) is 3.86. The van der Waals surface area contributed by atoms with Gasteiger partial charge in [0, 0.05) is 31.0 Å². The van der Waals surface area contributed by atoms with Crippen LogP contribution in [-0.4, -0.2) is 20.9 Å². The van der Waals surface area contributed by atoms with E-state index in [1.807, 2.05) is 6.20 Å². The van der Waals surface area contributed by atoms with Crippen LogP contribution in [0.3, 0.4) is 0 Å². The van der Waals surface area contributed by atoms with Crippen molar-refractivity contribution in [3.63, 3.8) is 0 Å². The fourth-order valence-electron chi connectivity index (χ4n) is 2.82. The number of benzene rings is 1. The van der Waals surface area contributed by atoms with Gasteiger partial charge in [0.05, 0.1) is 6.33 Å². The molecular formula is C15H19N3. The summed E-state index contributed by atoms with van der Waals surface area (Å²) in [5.41, 5.74) is 4.19. The predicted molar refractivity (Wildman–Crippen MR) is 72.1 cm³/mol. The first-order valence-corrected chi connectivity index (χ1v) is 6.65. The first-order chi connectivity index (χ1) is 8.86. The van der Waals surface area contributed by atoms with E-state index in [9.17, 15) is 0 Å². The van der Waals surface area contributed by atoms with E-state index in [1.54, 1.807) is 6.33 Å². The van der Waals surface area contributed by atoms with Crippen LogP contribution >= 0.6 is 0 Å². The van der Waals surface area contributed by atoms with E-state index in [0.29, 0.717) is 6.04 Å². The lowest BCUT2D eigenvalue weighted by Crippen LogP contribution is -2.39. The van der Waals surface area contributed by atoms with Crippen LogP contribution in [0, 0.1) is 0 Å². The molecule has 0 aliphatic carbocycles. The highest BCUT2D eigenvalue weighted by Gasteiger charge is 2.24. The molecule has 0 bridgehead atoms. The number of fused-ring (bicyclic) bond motifs is 1. The molecule has 1 atom stereocenters. The summed E-state index contributed by atoms with van der Waals surface area (Å²) < 4.78 is 0. The average Bonchev–Trinajstić information content (AvgIpc) is 2.91. The summed E-state index contributed by atoms with van der Waals surface area (Å²) in [7, 11) is 0. The number of nitrogens with one attached hydrogen (secondary N) is 1. The van der Waals surface area contributed by atoms with Crippen LogP contribution in [0.15, 0.2) is 36.8 Å². The predicted octanol–water partition coefficient (Wildman–Crippen LogP) is 2.75. The monoisotopic (exact) mass is 241 g/mol. The van der Waals surface area contributed by atoms with Crippen LogP contribution < -0.4 is 0 Å². The molecule has 2 heterocycles. The Hall–Kier alpha value is -1.61. The van der Waals surface area contributed by atoms with E-state index in [1.165, 1.54) is 29.7 Å². The molecule has 0 saturated heterocycles. The molecule has 0 fully saturated rings. The Bertz CT molecular complexity index is 504. The van der Waals surface area contributed by atoms with E-state index >= 15 is 0 Å². The van der Waals surface area contributed by atoms with Gasteiger partial charge in [0.1, 0.15) is 0 Å². The van der Waals surface area contributed by atoms with Gasteiger partial charge >= 0.3 is 0 Å². The van der Waals surface area contributed by atoms with Crippen LogP contribution in [0.1, 0.15) is 30.2 Å². The van der Waals surface area contributed by atoms with Crippen LogP contribution in [-0.2, 0) is 19.5 Å². The summed E-state index contributed by atoms with van der Waals surface area (Å²) in [4.78, 5) is 9.85. The largest absolute Gasteiger partial charge is 0.347 e. The van der Waals surface area contributed by atoms with E-state index < -0.39 is 0 Å². The molecule has 0 spiro atoms. The van der Waals surface area contributed by atoms with Crippen molar-refractivity contribution in [2.24, 2.45) is 0 Å². The molecule has 1 aromatic heterocycles. The Balaban J connectivity index is 1.82. The first-order valence-electron chi connectivity index (χ1n) is 6.65. The van der Waals surface area contributed by atoms with Gasteiger partial charge in [-0.15, -0.1) is 0 Å². The molecule has 18 heavy (non-hydrogen) atoms. The van der Waals surface area contributed by atoms with Gasteiger partial charge in [-0.25, -0.2) is 4.98 Å². The molecule has 1 aromatic carbocycles. The third-order valence-corrected chi connectivity index (χ3v) is 3.86. The summed E-state index contributed by atoms with van der Waals surface area (Å²) in [6, 6.07) is 9.45. The van der Waals surface area contributed by atoms with Crippen LogP contribution in [0.25, 0.3) is 0 Å². The van der Waals surface area contributed by atoms with E-state index in [4.69, 9.17) is 0 Å². The van der Waals surface area contributed by atoms with Gasteiger partial charge in [-0.1, -0.05) is 31.2 Å². The minimum atomic E-state index is 0.642. The SMILES string of the molecule is CC[C@H]1Cc2ccccc2CN1Cc1cnc[nH]1. The number of aromatic nitrogens is 2. The molecule has 2 aromatic rings. The molecule has 1 N–H and O–H groups in total. The summed E-state index contributed by atoms with van der Waals surface area (Å²) in [6.45, 7) is 4.29. The summed E-state index contributed by atoms with van der Waals surface area (Å²) >= 11 is 0. The highest BCUT2D eigenvalue weighted by molar-refractivity contribution is 5.30. The summed E-state index contributed by atoms with van der Waals surface area (Å²) in [5, 5.41) is 0. The zero-order valence-electron chi connectivity index (χ0n) is 10.8. The number of hydrogen-bond acceptors (Lipinski definition) is 2. The number of rotatable bonds is 3. The van der Waals surface area contributed by atoms with Crippen molar-refractivity contribution in [2.45, 2.75) is 38.9 Å². The topological polar surface area (TPSA) is 31.9 Å². The molecule has 94 valence electrons. The van der Waals surface area contributed by atoms with Crippen molar-refractivity contribution in [1.82, 2.24) is 14.9 Å². The third kappa shape index (κ3) is 2.18. The maximum absolute atomic E-state index is 4.10. The molecular weight excluding hydrogens is 222 g/mol. The number of nitrogens with zero attached hydrogens (tertiary/aromatic N) is 2. The molecule has 1 aliphatic heterocycles. The van der Waals surface area contributed by atoms with Crippen molar-refractivity contribution in [1.29, 1.82) is 0 Å². The van der Waals surface area contributed by atoms with Crippen molar-refractivity contribution in [2.75, 3.05) is 0 Å². The Morgan fingerprint density at radius 3 is 2.89 bits per heavy atom. The van der Waals surface area contributed by atoms with Gasteiger partial charge in [-0.05, 0) is 24.0 Å². The maximum atomic E-state index is 4.10. The Labute approximate surface area is 108 Å². The smallest absolute Gasteiger partial charge is 0.0922 e. The lowest BCUT2D eigenvalue weighted by molar-refractivity contribution is 0.156. The zero-order valence-corrected chi connectivity index (χ0v) is 10.8. The number of aromatic amines is 1. The van der Waals surface area contributed by atoms with E-state index in [0.717, 1.165) is 13.1 Å². The molecule has 0 saturated carbocycles. The van der Waals surface area contributed by atoms with Crippen molar-refractivity contribution >= 4 is 0 Å². The minimum absolute atomic E-state index is 0.642. The van der Waals surface area contributed by atoms with Crippen LogP contribution in [0.5, 0.6) is 0 Å². The van der Waals surface area contributed by atoms with E-state index in [-0.39, 0.29) is 0 Å². The van der Waals surface area contributed by atoms with Gasteiger partial charge in [0.25, 0.3) is 0 Å². The molecule has 3 nitrogen and oxygen atoms in total. The van der Waals surface area contributed by atoms with Crippen LogP contribution in [0.2, 0.25) is 0 Å². The Kier molecular flexibility index (Phi) is 3.15. The van der Waals surface area contributed by atoms with Crippen molar-refractivity contribution in [3.8, 4) is 0 Å². The highest BCUT2D eigenvalue weighted by atomic mass is 15.2. The molecule has 1 aliphatic rings. The standard InChI is InChI=1S/C15H19N3/c1-2-15-7-12-5-3-4-6-13(12)9-18(15)10-14-8-16-11-17-14/h3-6,8,11,15H,2,7,9-10H2,1H3,(H,16,17)/t15-/m0/s1. The fourth-order valence-corrected chi connectivity index (χ4v) is 2.82. The lowest BCUT2D eigenvalue weighted by atomic mass is 9.92. The Morgan fingerprint density at radius 2 is 2.17 bits per heavy atom. The molecule has 0 unspecified atom stereocenters. The molecule has 0 radical (unpaired) electrons. The Morgan fingerprint density at radius 1 is 1.33 bits per heavy atom. The average molecular weight is 241 g/mol. The second kappa shape index (κ2) is 4.94. The number of hydrogen-bond donors (Lipinski definition) is 1. The van der Waals surface area contributed by atoms with Crippen molar-refractivity contribution in [3.05, 3.63) is 53.6 Å². The maximum Gasteiger partial charge on any atom is 0.0922 e. The fraction of sp³-hybridized carbons (Fsp3) is 0.400. The van der Waals surface area contributed by atoms with Crippen molar-refractivity contribution < 1.29 is 0 Å². The second-order valence-corrected chi connectivity index (χ2v) is 5.02. The van der Waals surface area contributed by atoms with Gasteiger partial charge in [0.15, 0.2) is 0 Å². The highest BCUT2D eigenvalue weighted by Crippen LogP contribution is 2.25. The van der Waals surface area contributed by atoms with Gasteiger partial charge in [-0.2, -0.15) is 0 Å². The minimum Gasteiger partial charge on any atom is -0.347 e. The molecule has 3 rings (SSSR count). The number of imidazole rings is 1. The second-order valence-electron chi connectivity index (χ2n) is 5.02. The quantitative estimate of drug-likeness (QED) is 0.896. The molecule has 0 amide bonds. The lowest BCUT2D eigenvalue weighted by Gasteiger charge is -2.36. The summed E-state index contributed by atoms with van der Waals surface area (Å²) in [5.74, 6) is 0.